The fourth-order valence-electron chi connectivity index (χ4n) is 1.74. The lowest BCUT2D eigenvalue weighted by molar-refractivity contribution is -0.118. The molecule has 0 radical (unpaired) electrons. The lowest BCUT2D eigenvalue weighted by atomic mass is 10.1. The highest BCUT2D eigenvalue weighted by molar-refractivity contribution is 6.30. The smallest absolute Gasteiger partial charge is 0.219 e. The predicted molar refractivity (Wildman–Crippen MR) is 71.4 cm³/mol. The van der Waals surface area contributed by atoms with Gasteiger partial charge in [0.1, 0.15) is 0 Å². The topological polar surface area (TPSA) is 86.7 Å². The molecule has 1 aromatic carbocycles. The Morgan fingerprint density at radius 3 is 2.95 bits per heavy atom. The van der Waals surface area contributed by atoms with Crippen LogP contribution in [0.3, 0.4) is 0 Å². The van der Waals surface area contributed by atoms with Gasteiger partial charge in [-0.05, 0) is 23.8 Å². The van der Waals surface area contributed by atoms with E-state index in [9.17, 15) is 4.79 Å². The first-order valence-electron chi connectivity index (χ1n) is 5.94. The lowest BCUT2D eigenvalue weighted by Gasteiger charge is -2.09. The van der Waals surface area contributed by atoms with Crippen molar-refractivity contribution in [3.63, 3.8) is 0 Å². The minimum atomic E-state index is -0.381. The number of tetrazole rings is 1. The minimum Gasteiger partial charge on any atom is -0.370 e. The summed E-state index contributed by atoms with van der Waals surface area (Å²) in [5, 5.41) is 12.8. The van der Waals surface area contributed by atoms with Gasteiger partial charge in [0.15, 0.2) is 0 Å². The molecule has 19 heavy (non-hydrogen) atoms. The maximum atomic E-state index is 11.0. The summed E-state index contributed by atoms with van der Waals surface area (Å²) in [6.45, 7) is 1.94. The van der Waals surface area contributed by atoms with Gasteiger partial charge >= 0.3 is 0 Å². The highest BCUT2D eigenvalue weighted by Gasteiger charge is 2.16. The SMILES string of the molecule is CCC(CC(N)=O)n1nnc(-c2cccc(Cl)c2)n1. The number of benzene rings is 1. The van der Waals surface area contributed by atoms with E-state index in [-0.39, 0.29) is 18.4 Å². The standard InChI is InChI=1S/C12H14ClN5O/c1-2-10(7-11(14)19)18-16-12(15-17-18)8-4-3-5-9(13)6-8/h3-6,10H,2,7H2,1H3,(H2,14,19). The summed E-state index contributed by atoms with van der Waals surface area (Å²) in [5.41, 5.74) is 5.98. The largest absolute Gasteiger partial charge is 0.370 e. The van der Waals surface area contributed by atoms with E-state index in [2.05, 4.69) is 15.4 Å². The number of rotatable bonds is 5. The molecule has 0 aliphatic heterocycles. The van der Waals surface area contributed by atoms with Crippen LogP contribution in [0.4, 0.5) is 0 Å². The highest BCUT2D eigenvalue weighted by Crippen LogP contribution is 2.20. The molecular weight excluding hydrogens is 266 g/mol. The Morgan fingerprint density at radius 1 is 1.53 bits per heavy atom. The van der Waals surface area contributed by atoms with Crippen LogP contribution in [0, 0.1) is 0 Å². The van der Waals surface area contributed by atoms with Crippen LogP contribution in [0.5, 0.6) is 0 Å². The molecule has 0 spiro atoms. The van der Waals surface area contributed by atoms with Gasteiger partial charge in [0.2, 0.25) is 11.7 Å². The monoisotopic (exact) mass is 279 g/mol. The summed E-state index contributed by atoms with van der Waals surface area (Å²) < 4.78 is 0. The number of nitrogens with zero attached hydrogens (tertiary/aromatic N) is 4. The maximum absolute atomic E-state index is 11.0. The molecule has 2 rings (SSSR count). The number of nitrogens with two attached hydrogens (primary N) is 1. The van der Waals surface area contributed by atoms with Crippen LogP contribution < -0.4 is 5.73 Å². The molecule has 1 aromatic heterocycles. The molecule has 1 heterocycles. The van der Waals surface area contributed by atoms with Crippen LogP contribution >= 0.6 is 11.6 Å². The van der Waals surface area contributed by atoms with Gasteiger partial charge in [-0.1, -0.05) is 30.7 Å². The Bertz CT molecular complexity index is 583. The zero-order valence-corrected chi connectivity index (χ0v) is 11.2. The number of halogens is 1. The molecule has 0 saturated heterocycles. The van der Waals surface area contributed by atoms with Crippen molar-refractivity contribution in [1.82, 2.24) is 20.2 Å². The van der Waals surface area contributed by atoms with Crippen molar-refractivity contribution in [3.8, 4) is 11.4 Å². The number of carbonyl (C=O) groups excluding carboxylic acids is 1. The summed E-state index contributed by atoms with van der Waals surface area (Å²) in [5.74, 6) is 0.0962. The molecule has 0 aliphatic carbocycles. The van der Waals surface area contributed by atoms with Gasteiger partial charge in [-0.25, -0.2) is 0 Å². The molecule has 1 atom stereocenters. The Balaban J connectivity index is 2.25. The fraction of sp³-hybridized carbons (Fsp3) is 0.333. The van der Waals surface area contributed by atoms with Crippen LogP contribution in [0.15, 0.2) is 24.3 Å². The van der Waals surface area contributed by atoms with E-state index in [4.69, 9.17) is 17.3 Å². The first kappa shape index (κ1) is 13.5. The fourth-order valence-corrected chi connectivity index (χ4v) is 1.93. The Hall–Kier alpha value is -1.95. The first-order valence-corrected chi connectivity index (χ1v) is 6.31. The molecule has 0 saturated carbocycles. The molecule has 7 heteroatoms. The second-order valence-electron chi connectivity index (χ2n) is 4.18. The van der Waals surface area contributed by atoms with E-state index in [1.54, 1.807) is 12.1 Å². The van der Waals surface area contributed by atoms with Crippen molar-refractivity contribution in [2.24, 2.45) is 5.73 Å². The Morgan fingerprint density at radius 2 is 2.32 bits per heavy atom. The number of hydrogen-bond acceptors (Lipinski definition) is 4. The van der Waals surface area contributed by atoms with Gasteiger partial charge in [-0.15, -0.1) is 10.2 Å². The van der Waals surface area contributed by atoms with E-state index >= 15 is 0 Å². The van der Waals surface area contributed by atoms with Crippen molar-refractivity contribution in [2.45, 2.75) is 25.8 Å². The van der Waals surface area contributed by atoms with Crippen molar-refractivity contribution < 1.29 is 4.79 Å². The van der Waals surface area contributed by atoms with E-state index in [1.165, 1.54) is 4.80 Å². The number of carbonyl (C=O) groups is 1. The Kier molecular flexibility index (Phi) is 4.11. The normalized spacial score (nSPS) is 12.3. The molecule has 0 fully saturated rings. The molecule has 0 bridgehead atoms. The van der Waals surface area contributed by atoms with Crippen LogP contribution in [0.25, 0.3) is 11.4 Å². The second-order valence-corrected chi connectivity index (χ2v) is 4.61. The van der Waals surface area contributed by atoms with Crippen molar-refractivity contribution >= 4 is 17.5 Å². The maximum Gasteiger partial charge on any atom is 0.219 e. The van der Waals surface area contributed by atoms with E-state index in [1.807, 2.05) is 19.1 Å². The van der Waals surface area contributed by atoms with Gasteiger partial charge < -0.3 is 5.73 Å². The third kappa shape index (κ3) is 3.29. The molecule has 2 N–H and O–H groups in total. The number of aromatic nitrogens is 4. The van der Waals surface area contributed by atoms with Crippen LogP contribution in [0.2, 0.25) is 5.02 Å². The number of primary amides is 1. The molecule has 2 aromatic rings. The third-order valence-electron chi connectivity index (χ3n) is 2.75. The molecule has 6 nitrogen and oxygen atoms in total. The summed E-state index contributed by atoms with van der Waals surface area (Å²) in [6, 6.07) is 7.04. The zero-order valence-electron chi connectivity index (χ0n) is 10.5. The van der Waals surface area contributed by atoms with Gasteiger partial charge in [0.25, 0.3) is 0 Å². The van der Waals surface area contributed by atoms with Crippen molar-refractivity contribution in [1.29, 1.82) is 0 Å². The summed E-state index contributed by atoms with van der Waals surface area (Å²) >= 11 is 5.92. The van der Waals surface area contributed by atoms with Crippen molar-refractivity contribution in [2.75, 3.05) is 0 Å². The number of hydrogen-bond donors (Lipinski definition) is 1. The van der Waals surface area contributed by atoms with Gasteiger partial charge in [-0.3, -0.25) is 4.79 Å². The van der Waals surface area contributed by atoms with E-state index in [0.717, 1.165) is 5.56 Å². The van der Waals surface area contributed by atoms with Crippen molar-refractivity contribution in [3.05, 3.63) is 29.3 Å². The summed E-state index contributed by atoms with van der Waals surface area (Å²) in [4.78, 5) is 12.4. The molecule has 100 valence electrons. The summed E-state index contributed by atoms with van der Waals surface area (Å²) in [6.07, 6.45) is 0.899. The van der Waals surface area contributed by atoms with E-state index < -0.39 is 0 Å². The second kappa shape index (κ2) is 5.79. The third-order valence-corrected chi connectivity index (χ3v) is 2.98. The zero-order chi connectivity index (χ0) is 13.8. The van der Waals surface area contributed by atoms with Crippen LogP contribution in [0.1, 0.15) is 25.8 Å². The lowest BCUT2D eigenvalue weighted by Crippen LogP contribution is -2.20. The van der Waals surface area contributed by atoms with Gasteiger partial charge in [-0.2, -0.15) is 4.80 Å². The molecule has 1 amide bonds. The number of amides is 1. The van der Waals surface area contributed by atoms with Crippen LogP contribution in [-0.2, 0) is 4.79 Å². The van der Waals surface area contributed by atoms with Gasteiger partial charge in [0.05, 0.1) is 12.5 Å². The average Bonchev–Trinajstić information content (AvgIpc) is 2.85. The average molecular weight is 280 g/mol. The van der Waals surface area contributed by atoms with Crippen LogP contribution in [-0.4, -0.2) is 26.1 Å². The highest BCUT2D eigenvalue weighted by atomic mass is 35.5. The minimum absolute atomic E-state index is 0.169. The van der Waals surface area contributed by atoms with Gasteiger partial charge in [0, 0.05) is 10.6 Å². The Labute approximate surface area is 115 Å². The molecule has 1 unspecified atom stereocenters. The first-order chi connectivity index (χ1) is 9.10. The quantitative estimate of drug-likeness (QED) is 0.904. The predicted octanol–water partition coefficient (Wildman–Crippen LogP) is 1.82. The molecular formula is C12H14ClN5O. The van der Waals surface area contributed by atoms with E-state index in [0.29, 0.717) is 17.3 Å². The molecule has 0 aliphatic rings. The summed E-state index contributed by atoms with van der Waals surface area (Å²) in [7, 11) is 0.